The van der Waals surface area contributed by atoms with Gasteiger partial charge >= 0.3 is 5.97 Å². The molecule has 4 rings (SSSR count). The first-order valence-corrected chi connectivity index (χ1v) is 8.89. The van der Waals surface area contributed by atoms with Crippen LogP contribution in [0.3, 0.4) is 0 Å². The van der Waals surface area contributed by atoms with Crippen molar-refractivity contribution < 1.29 is 19.1 Å². The van der Waals surface area contributed by atoms with Crippen LogP contribution in [-0.2, 0) is 6.61 Å². The lowest BCUT2D eigenvalue weighted by Crippen LogP contribution is -2.15. The van der Waals surface area contributed by atoms with Crippen LogP contribution >= 0.6 is 22.9 Å². The molecule has 0 spiro atoms. The van der Waals surface area contributed by atoms with E-state index in [2.05, 4.69) is 0 Å². The van der Waals surface area contributed by atoms with E-state index in [1.54, 1.807) is 6.07 Å². The highest BCUT2D eigenvalue weighted by atomic mass is 35.5. The summed E-state index contributed by atoms with van der Waals surface area (Å²) in [6.45, 7) is 0.392. The number of para-hydroxylation sites is 1. The molecule has 0 bridgehead atoms. The van der Waals surface area contributed by atoms with Crippen LogP contribution < -0.4 is 15.2 Å². The molecular weight excluding hydrogens is 374 g/mol. The monoisotopic (exact) mass is 385 g/mol. The van der Waals surface area contributed by atoms with E-state index in [1.165, 1.54) is 29.5 Å². The Labute approximate surface area is 157 Å². The van der Waals surface area contributed by atoms with Crippen LogP contribution in [0, 0.1) is 0 Å². The van der Waals surface area contributed by atoms with Gasteiger partial charge in [-0.3, -0.25) is 4.79 Å². The summed E-state index contributed by atoms with van der Waals surface area (Å²) < 4.78 is 11.1. The number of hydrogen-bond donors (Lipinski definition) is 1. The van der Waals surface area contributed by atoms with Crippen molar-refractivity contribution in [3.8, 4) is 21.9 Å². The maximum atomic E-state index is 12.6. The highest BCUT2D eigenvalue weighted by molar-refractivity contribution is 7.17. The molecule has 5 nitrogen and oxygen atoms in total. The second-order valence-corrected chi connectivity index (χ2v) is 7.13. The first-order chi connectivity index (χ1) is 12.5. The van der Waals surface area contributed by atoms with Crippen molar-refractivity contribution in [3.05, 3.63) is 69.6 Å². The van der Waals surface area contributed by atoms with Crippen molar-refractivity contribution >= 4 is 34.8 Å². The van der Waals surface area contributed by atoms with E-state index in [9.17, 15) is 9.59 Å². The summed E-state index contributed by atoms with van der Waals surface area (Å²) in [5.41, 5.74) is 7.25. The predicted molar refractivity (Wildman–Crippen MR) is 99.0 cm³/mol. The van der Waals surface area contributed by atoms with E-state index < -0.39 is 11.9 Å². The fraction of sp³-hybridized carbons (Fsp3) is 0.0526. The molecule has 1 aliphatic rings. The number of hydrogen-bond acceptors (Lipinski definition) is 5. The third kappa shape index (κ3) is 2.94. The molecule has 3 aromatic rings. The number of amides is 1. The fourth-order valence-corrected chi connectivity index (χ4v) is 3.98. The van der Waals surface area contributed by atoms with Gasteiger partial charge in [-0.1, -0.05) is 23.7 Å². The molecular formula is C19H12ClNO4S. The molecule has 0 atom stereocenters. The summed E-state index contributed by atoms with van der Waals surface area (Å²) in [5, 5.41) is 0.332. The lowest BCUT2D eigenvalue weighted by atomic mass is 10.1. The Balaban J connectivity index is 1.66. The molecule has 2 heterocycles. The van der Waals surface area contributed by atoms with Crippen LogP contribution in [0.5, 0.6) is 11.5 Å². The summed E-state index contributed by atoms with van der Waals surface area (Å²) in [6.07, 6.45) is 0. The molecule has 26 heavy (non-hydrogen) atoms. The third-order valence-corrected chi connectivity index (χ3v) is 5.36. The van der Waals surface area contributed by atoms with Crippen molar-refractivity contribution in [1.29, 1.82) is 0 Å². The maximum absolute atomic E-state index is 12.6. The number of nitrogens with two attached hydrogens (primary N) is 1. The van der Waals surface area contributed by atoms with Crippen LogP contribution in [0.1, 0.15) is 25.6 Å². The highest BCUT2D eigenvalue weighted by Crippen LogP contribution is 2.42. The zero-order chi connectivity index (χ0) is 18.3. The highest BCUT2D eigenvalue weighted by Gasteiger charge is 2.24. The standard InChI is InChI=1S/C19H12ClNO4S/c20-11-5-6-15(13(8-11)18(21)22)25-19(23)16-7-10-9-24-14-4-2-1-3-12(14)17(10)26-16/h1-8H,9H2,(H2,21,22). The van der Waals surface area contributed by atoms with E-state index in [-0.39, 0.29) is 11.3 Å². The SMILES string of the molecule is NC(=O)c1cc(Cl)ccc1OC(=O)c1cc2c(s1)-c1ccccc1OC2. The minimum Gasteiger partial charge on any atom is -0.488 e. The van der Waals surface area contributed by atoms with Crippen LogP contribution in [0.2, 0.25) is 5.02 Å². The first kappa shape index (κ1) is 16.6. The Bertz CT molecular complexity index is 1040. The van der Waals surface area contributed by atoms with Crippen molar-refractivity contribution in [3.63, 3.8) is 0 Å². The van der Waals surface area contributed by atoms with E-state index in [1.807, 2.05) is 24.3 Å². The number of ether oxygens (including phenoxy) is 2. The molecule has 1 amide bonds. The Morgan fingerprint density at radius 3 is 2.77 bits per heavy atom. The minimum absolute atomic E-state index is 0.0563. The van der Waals surface area contributed by atoms with Gasteiger partial charge in [-0.25, -0.2) is 4.79 Å². The van der Waals surface area contributed by atoms with Crippen molar-refractivity contribution in [2.24, 2.45) is 5.73 Å². The molecule has 0 fully saturated rings. The summed E-state index contributed by atoms with van der Waals surface area (Å²) >= 11 is 7.20. The van der Waals surface area contributed by atoms with Gasteiger partial charge in [0.25, 0.3) is 5.91 Å². The summed E-state index contributed by atoms with van der Waals surface area (Å²) in [5.74, 6) is -0.416. The van der Waals surface area contributed by atoms with E-state index in [4.69, 9.17) is 26.8 Å². The maximum Gasteiger partial charge on any atom is 0.353 e. The largest absolute Gasteiger partial charge is 0.488 e. The number of thiophene rings is 1. The smallest absolute Gasteiger partial charge is 0.353 e. The van der Waals surface area contributed by atoms with E-state index in [0.29, 0.717) is 16.5 Å². The van der Waals surface area contributed by atoms with Gasteiger partial charge in [0.1, 0.15) is 23.0 Å². The number of rotatable bonds is 3. The third-order valence-electron chi connectivity index (χ3n) is 3.93. The Kier molecular flexibility index (Phi) is 4.14. The lowest BCUT2D eigenvalue weighted by molar-refractivity contribution is 0.0737. The number of primary amides is 1. The second kappa shape index (κ2) is 6.48. The number of carbonyl (C=O) groups excluding carboxylic acids is 2. The molecule has 130 valence electrons. The lowest BCUT2D eigenvalue weighted by Gasteiger charge is -2.16. The second-order valence-electron chi connectivity index (χ2n) is 5.64. The molecule has 0 unspecified atom stereocenters. The molecule has 0 radical (unpaired) electrons. The Hall–Kier alpha value is -2.83. The number of halogens is 1. The molecule has 0 saturated heterocycles. The van der Waals surface area contributed by atoms with Crippen molar-refractivity contribution in [1.82, 2.24) is 0 Å². The summed E-state index contributed by atoms with van der Waals surface area (Å²) in [6, 6.07) is 13.8. The molecule has 1 aromatic heterocycles. The number of fused-ring (bicyclic) bond motifs is 3. The Morgan fingerprint density at radius 2 is 1.96 bits per heavy atom. The minimum atomic E-state index is -0.719. The predicted octanol–water partition coefficient (Wildman–Crippen LogP) is 4.28. The van der Waals surface area contributed by atoms with Gasteiger partial charge in [-0.15, -0.1) is 11.3 Å². The Morgan fingerprint density at radius 1 is 1.15 bits per heavy atom. The zero-order valence-corrected chi connectivity index (χ0v) is 14.9. The van der Waals surface area contributed by atoms with Crippen molar-refractivity contribution in [2.45, 2.75) is 6.61 Å². The number of carbonyl (C=O) groups is 2. The average Bonchev–Trinajstić information content (AvgIpc) is 3.08. The van der Waals surface area contributed by atoms with Crippen LogP contribution in [-0.4, -0.2) is 11.9 Å². The van der Waals surface area contributed by atoms with Gasteiger partial charge in [0.15, 0.2) is 0 Å². The molecule has 0 aliphatic carbocycles. The molecule has 2 N–H and O–H groups in total. The van der Waals surface area contributed by atoms with Gasteiger partial charge in [0, 0.05) is 21.0 Å². The van der Waals surface area contributed by atoms with Crippen LogP contribution in [0.4, 0.5) is 0 Å². The van der Waals surface area contributed by atoms with Crippen LogP contribution in [0.25, 0.3) is 10.4 Å². The molecule has 7 heteroatoms. The topological polar surface area (TPSA) is 78.6 Å². The average molecular weight is 386 g/mol. The quantitative estimate of drug-likeness (QED) is 0.539. The van der Waals surface area contributed by atoms with Gasteiger partial charge in [-0.05, 0) is 36.4 Å². The fourth-order valence-electron chi connectivity index (χ4n) is 2.73. The molecule has 0 saturated carbocycles. The van der Waals surface area contributed by atoms with Crippen LogP contribution in [0.15, 0.2) is 48.5 Å². The van der Waals surface area contributed by atoms with E-state index >= 15 is 0 Å². The molecule has 1 aliphatic heterocycles. The van der Waals surface area contributed by atoms with Gasteiger partial charge in [-0.2, -0.15) is 0 Å². The van der Waals surface area contributed by atoms with E-state index in [0.717, 1.165) is 21.8 Å². The van der Waals surface area contributed by atoms with Gasteiger partial charge in [0.05, 0.1) is 5.56 Å². The number of benzene rings is 2. The summed E-state index contributed by atoms with van der Waals surface area (Å²) in [7, 11) is 0. The number of esters is 1. The zero-order valence-electron chi connectivity index (χ0n) is 13.3. The van der Waals surface area contributed by atoms with Gasteiger partial charge in [0.2, 0.25) is 0 Å². The first-order valence-electron chi connectivity index (χ1n) is 7.69. The van der Waals surface area contributed by atoms with Gasteiger partial charge < -0.3 is 15.2 Å². The summed E-state index contributed by atoms with van der Waals surface area (Å²) in [4.78, 5) is 25.5. The van der Waals surface area contributed by atoms with Crippen molar-refractivity contribution in [2.75, 3.05) is 0 Å². The molecule has 2 aromatic carbocycles. The normalized spacial score (nSPS) is 11.9.